The number of amides is 1. The lowest BCUT2D eigenvalue weighted by atomic mass is 10.1. The zero-order valence-corrected chi connectivity index (χ0v) is 14.2. The fourth-order valence-corrected chi connectivity index (χ4v) is 3.26. The van der Waals surface area contributed by atoms with Gasteiger partial charge in [-0.3, -0.25) is 4.79 Å². The predicted octanol–water partition coefficient (Wildman–Crippen LogP) is 2.07. The number of nitrogens with zero attached hydrogens (tertiary/aromatic N) is 4. The zero-order chi connectivity index (χ0) is 18.0. The molecule has 0 radical (unpaired) electrons. The van der Waals surface area contributed by atoms with Gasteiger partial charge in [0.25, 0.3) is 11.8 Å². The van der Waals surface area contributed by atoms with Gasteiger partial charge in [-0.05, 0) is 6.07 Å². The van der Waals surface area contributed by atoms with E-state index in [-0.39, 0.29) is 38.4 Å². The third-order valence-corrected chi connectivity index (χ3v) is 4.68. The van der Waals surface area contributed by atoms with Crippen molar-refractivity contribution in [3.05, 3.63) is 22.8 Å². The molecule has 0 aromatic carbocycles. The van der Waals surface area contributed by atoms with Crippen molar-refractivity contribution >= 4 is 23.3 Å². The smallest absolute Gasteiger partial charge is 0.253 e. The highest BCUT2D eigenvalue weighted by atomic mass is 35.5. The number of alkyl halides is 2. The van der Waals surface area contributed by atoms with Crippen LogP contribution in [0.5, 0.6) is 0 Å². The maximum atomic E-state index is 13.2. The van der Waals surface area contributed by atoms with E-state index in [2.05, 4.69) is 4.98 Å². The molecule has 0 spiro atoms. The predicted molar refractivity (Wildman–Crippen MR) is 86.7 cm³/mol. The number of pyridine rings is 1. The second-order valence-electron chi connectivity index (χ2n) is 6.13. The Kier molecular flexibility index (Phi) is 5.06. The second-order valence-corrected chi connectivity index (χ2v) is 6.54. The van der Waals surface area contributed by atoms with E-state index in [9.17, 15) is 13.6 Å². The number of halogens is 3. The van der Waals surface area contributed by atoms with Gasteiger partial charge >= 0.3 is 0 Å². The molecule has 0 bridgehead atoms. The van der Waals surface area contributed by atoms with Gasteiger partial charge in [-0.1, -0.05) is 11.6 Å². The molecule has 3 heterocycles. The number of hydrogen-bond acceptors (Lipinski definition) is 5. The highest BCUT2D eigenvalue weighted by Gasteiger charge is 2.38. The number of hydrogen-bond donors (Lipinski definition) is 0. The van der Waals surface area contributed by atoms with Crippen LogP contribution in [0.15, 0.2) is 12.3 Å². The number of anilines is 1. The Morgan fingerprint density at radius 1 is 1.40 bits per heavy atom. The van der Waals surface area contributed by atoms with Crippen molar-refractivity contribution in [2.24, 2.45) is 0 Å². The lowest BCUT2D eigenvalue weighted by molar-refractivity contribution is -0.150. The summed E-state index contributed by atoms with van der Waals surface area (Å²) in [4.78, 5) is 20.0. The maximum absolute atomic E-state index is 13.2. The van der Waals surface area contributed by atoms with Gasteiger partial charge in [0.05, 0.1) is 23.7 Å². The SMILES string of the molecule is N#Cc1cnc(N2CCOC(C(=O)N3CCC(F)(F)CC3)C2)c(Cl)c1. The topological polar surface area (TPSA) is 69.5 Å². The van der Waals surface area contributed by atoms with Gasteiger partial charge in [0.2, 0.25) is 0 Å². The van der Waals surface area contributed by atoms with Crippen LogP contribution in [0.1, 0.15) is 18.4 Å². The summed E-state index contributed by atoms with van der Waals surface area (Å²) in [6.45, 7) is 1.10. The summed E-state index contributed by atoms with van der Waals surface area (Å²) in [5, 5.41) is 9.20. The normalized spacial score (nSPS) is 23.2. The first kappa shape index (κ1) is 17.8. The van der Waals surface area contributed by atoms with Crippen molar-refractivity contribution in [1.82, 2.24) is 9.88 Å². The summed E-state index contributed by atoms with van der Waals surface area (Å²) in [7, 11) is 0. The Hall–Kier alpha value is -1.98. The molecule has 0 saturated carbocycles. The van der Waals surface area contributed by atoms with Crippen LogP contribution < -0.4 is 4.90 Å². The van der Waals surface area contributed by atoms with Gasteiger partial charge in [0, 0.05) is 38.7 Å². The first-order chi connectivity index (χ1) is 11.9. The molecule has 0 aliphatic carbocycles. The van der Waals surface area contributed by atoms with Gasteiger partial charge < -0.3 is 14.5 Å². The summed E-state index contributed by atoms with van der Waals surface area (Å²) < 4.78 is 32.0. The van der Waals surface area contributed by atoms with Crippen molar-refractivity contribution in [2.45, 2.75) is 24.9 Å². The minimum Gasteiger partial charge on any atom is -0.365 e. The summed E-state index contributed by atoms with van der Waals surface area (Å²) in [6.07, 6.45) is 0.0327. The standard InChI is InChI=1S/C16H17ClF2N4O2/c17-12-7-11(8-20)9-21-14(12)23-5-6-25-13(10-23)15(24)22-3-1-16(18,19)2-4-22/h7,9,13H,1-6,10H2. The van der Waals surface area contributed by atoms with Crippen molar-refractivity contribution in [1.29, 1.82) is 5.26 Å². The molecule has 1 amide bonds. The molecule has 134 valence electrons. The number of carbonyl (C=O) groups excluding carboxylic acids is 1. The van der Waals surface area contributed by atoms with Crippen molar-refractivity contribution in [3.8, 4) is 6.07 Å². The summed E-state index contributed by atoms with van der Waals surface area (Å²) in [6, 6.07) is 3.48. The number of rotatable bonds is 2. The third-order valence-electron chi connectivity index (χ3n) is 4.40. The number of carbonyl (C=O) groups is 1. The Balaban J connectivity index is 1.67. The Morgan fingerprint density at radius 3 is 2.76 bits per heavy atom. The molecule has 1 atom stereocenters. The van der Waals surface area contributed by atoms with Crippen LogP contribution in [0.4, 0.5) is 14.6 Å². The molecular formula is C16H17ClF2N4O2. The summed E-state index contributed by atoms with van der Waals surface area (Å²) in [5.41, 5.74) is 0.351. The number of piperidine rings is 1. The summed E-state index contributed by atoms with van der Waals surface area (Å²) in [5.74, 6) is -2.51. The largest absolute Gasteiger partial charge is 0.365 e. The van der Waals surface area contributed by atoms with E-state index < -0.39 is 12.0 Å². The average Bonchev–Trinajstić information content (AvgIpc) is 2.61. The van der Waals surface area contributed by atoms with E-state index in [0.717, 1.165) is 0 Å². The zero-order valence-electron chi connectivity index (χ0n) is 13.4. The number of aromatic nitrogens is 1. The van der Waals surface area contributed by atoms with Crippen molar-refractivity contribution in [2.75, 3.05) is 37.7 Å². The lowest BCUT2D eigenvalue weighted by Crippen LogP contribution is -2.53. The van der Waals surface area contributed by atoms with E-state index >= 15 is 0 Å². The molecule has 1 aromatic heterocycles. The molecule has 25 heavy (non-hydrogen) atoms. The third kappa shape index (κ3) is 3.99. The van der Waals surface area contributed by atoms with Crippen LogP contribution in [0.3, 0.4) is 0 Å². The highest BCUT2D eigenvalue weighted by Crippen LogP contribution is 2.29. The van der Waals surface area contributed by atoms with Crippen LogP contribution in [0.25, 0.3) is 0 Å². The number of morpholine rings is 1. The average molecular weight is 371 g/mol. The molecule has 2 fully saturated rings. The maximum Gasteiger partial charge on any atom is 0.253 e. The van der Waals surface area contributed by atoms with Gasteiger partial charge in [0.1, 0.15) is 11.9 Å². The fourth-order valence-electron chi connectivity index (χ4n) is 2.97. The fraction of sp³-hybridized carbons (Fsp3) is 0.562. The molecule has 2 aliphatic heterocycles. The highest BCUT2D eigenvalue weighted by molar-refractivity contribution is 6.33. The van der Waals surface area contributed by atoms with Crippen LogP contribution in [-0.2, 0) is 9.53 Å². The molecule has 6 nitrogen and oxygen atoms in total. The van der Waals surface area contributed by atoms with E-state index in [1.54, 1.807) is 0 Å². The lowest BCUT2D eigenvalue weighted by Gasteiger charge is -2.38. The summed E-state index contributed by atoms with van der Waals surface area (Å²) >= 11 is 6.17. The first-order valence-corrected chi connectivity index (χ1v) is 8.36. The minimum absolute atomic E-state index is 0.0293. The van der Waals surface area contributed by atoms with Crippen molar-refractivity contribution in [3.63, 3.8) is 0 Å². The van der Waals surface area contributed by atoms with Crippen LogP contribution in [0, 0.1) is 11.3 Å². The Bertz CT molecular complexity index is 700. The van der Waals surface area contributed by atoms with Crippen LogP contribution in [-0.4, -0.2) is 60.6 Å². The van der Waals surface area contributed by atoms with Crippen LogP contribution in [0.2, 0.25) is 5.02 Å². The van der Waals surface area contributed by atoms with Gasteiger partial charge in [-0.25, -0.2) is 13.8 Å². The van der Waals surface area contributed by atoms with E-state index in [0.29, 0.717) is 29.6 Å². The van der Waals surface area contributed by atoms with E-state index in [1.165, 1.54) is 17.2 Å². The molecule has 0 N–H and O–H groups in total. The quantitative estimate of drug-likeness (QED) is 0.797. The number of nitriles is 1. The molecule has 2 saturated heterocycles. The van der Waals surface area contributed by atoms with E-state index in [1.807, 2.05) is 11.0 Å². The van der Waals surface area contributed by atoms with E-state index in [4.69, 9.17) is 21.6 Å². The van der Waals surface area contributed by atoms with Gasteiger partial charge in [-0.2, -0.15) is 5.26 Å². The molecular weight excluding hydrogens is 354 g/mol. The first-order valence-electron chi connectivity index (χ1n) is 7.98. The van der Waals surface area contributed by atoms with Crippen molar-refractivity contribution < 1.29 is 18.3 Å². The monoisotopic (exact) mass is 370 g/mol. The molecule has 2 aliphatic rings. The minimum atomic E-state index is -2.70. The van der Waals surface area contributed by atoms with Crippen LogP contribution >= 0.6 is 11.6 Å². The molecule has 9 heteroatoms. The molecule has 3 rings (SSSR count). The van der Waals surface area contributed by atoms with Gasteiger partial charge in [-0.15, -0.1) is 0 Å². The van der Waals surface area contributed by atoms with Gasteiger partial charge in [0.15, 0.2) is 6.10 Å². The molecule has 1 aromatic rings. The Labute approximate surface area is 148 Å². The Morgan fingerprint density at radius 2 is 2.12 bits per heavy atom. The second kappa shape index (κ2) is 7.10. The number of likely N-dealkylation sites (tertiary alicyclic amines) is 1. The molecule has 1 unspecified atom stereocenters. The number of ether oxygens (including phenoxy) is 1.